The molecule has 0 N–H and O–H groups in total. The molecular formula is C31H31NO. The molecule has 0 aromatic heterocycles. The summed E-state index contributed by atoms with van der Waals surface area (Å²) in [5.74, 6) is 0.861. The van der Waals surface area contributed by atoms with Crippen LogP contribution >= 0.6 is 0 Å². The standard InChI is InChI=1S/C31H31NO/c1-5-14-28(16-11-8-10-15-25(6-2)7-3)32(29-17-12-9-13-18-29)30-21-19-27-24-31(33-4)22-20-26(27)23-30/h5-24H,2H2,1,3-4H3/b11-8+,14-5-,15-10+,25-7+,28-16+. The Bertz CT molecular complexity index is 1230. The highest BCUT2D eigenvalue weighted by Crippen LogP contribution is 2.33. The summed E-state index contributed by atoms with van der Waals surface area (Å²) in [6.07, 6.45) is 18.3. The molecule has 0 saturated heterocycles. The molecule has 0 aliphatic rings. The molecule has 3 aromatic carbocycles. The summed E-state index contributed by atoms with van der Waals surface area (Å²) in [5, 5.41) is 2.31. The molecule has 0 heterocycles. The number of rotatable bonds is 9. The maximum absolute atomic E-state index is 5.38. The number of benzene rings is 3. The SMILES string of the molecule is C=CC(/C=C/C=C/C=C(\C=C/C)N(c1ccccc1)c1ccc2cc(OC)ccc2c1)=C\C. The highest BCUT2D eigenvalue weighted by molar-refractivity contribution is 5.89. The normalized spacial score (nSPS) is 12.8. The summed E-state index contributed by atoms with van der Waals surface area (Å²) in [6, 6.07) is 23.1. The lowest BCUT2D eigenvalue weighted by Crippen LogP contribution is -2.15. The van der Waals surface area contributed by atoms with Crippen LogP contribution in [-0.4, -0.2) is 7.11 Å². The van der Waals surface area contributed by atoms with Crippen LogP contribution in [0.1, 0.15) is 13.8 Å². The van der Waals surface area contributed by atoms with Crippen molar-refractivity contribution in [3.63, 3.8) is 0 Å². The van der Waals surface area contributed by atoms with Gasteiger partial charge in [-0.2, -0.15) is 0 Å². The van der Waals surface area contributed by atoms with Crippen LogP contribution in [0.3, 0.4) is 0 Å². The van der Waals surface area contributed by atoms with E-state index in [4.69, 9.17) is 4.74 Å². The van der Waals surface area contributed by atoms with Gasteiger partial charge in [0.2, 0.25) is 0 Å². The number of methoxy groups -OCH3 is 1. The summed E-state index contributed by atoms with van der Waals surface area (Å²) < 4.78 is 5.38. The predicted molar refractivity (Wildman–Crippen MR) is 144 cm³/mol. The van der Waals surface area contributed by atoms with Crippen molar-refractivity contribution in [2.75, 3.05) is 12.0 Å². The van der Waals surface area contributed by atoms with Crippen molar-refractivity contribution in [3.05, 3.63) is 139 Å². The van der Waals surface area contributed by atoms with E-state index >= 15 is 0 Å². The van der Waals surface area contributed by atoms with Gasteiger partial charge in [-0.3, -0.25) is 0 Å². The zero-order chi connectivity index (χ0) is 23.5. The largest absolute Gasteiger partial charge is 0.497 e. The van der Waals surface area contributed by atoms with E-state index in [1.54, 1.807) is 7.11 Å². The van der Waals surface area contributed by atoms with E-state index in [1.165, 1.54) is 0 Å². The molecule has 0 bridgehead atoms. The second-order valence-electron chi connectivity index (χ2n) is 7.40. The average Bonchev–Trinajstić information content (AvgIpc) is 2.86. The van der Waals surface area contributed by atoms with E-state index < -0.39 is 0 Å². The minimum atomic E-state index is 0.861. The maximum atomic E-state index is 5.38. The molecule has 0 fully saturated rings. The van der Waals surface area contributed by atoms with Crippen LogP contribution in [0.2, 0.25) is 0 Å². The molecule has 166 valence electrons. The fourth-order valence-corrected chi connectivity index (χ4v) is 3.54. The van der Waals surface area contributed by atoms with E-state index in [0.717, 1.165) is 39.2 Å². The van der Waals surface area contributed by atoms with Gasteiger partial charge in [0, 0.05) is 17.1 Å². The van der Waals surface area contributed by atoms with Crippen molar-refractivity contribution in [1.82, 2.24) is 0 Å². The molecular weight excluding hydrogens is 402 g/mol. The van der Waals surface area contributed by atoms with Gasteiger partial charge in [-0.1, -0.05) is 79.4 Å². The molecule has 0 atom stereocenters. The number of hydrogen-bond donors (Lipinski definition) is 0. The summed E-state index contributed by atoms with van der Waals surface area (Å²) in [7, 11) is 1.69. The smallest absolute Gasteiger partial charge is 0.119 e. The van der Waals surface area contributed by atoms with Crippen LogP contribution in [0, 0.1) is 0 Å². The quantitative estimate of drug-likeness (QED) is 0.313. The van der Waals surface area contributed by atoms with E-state index in [-0.39, 0.29) is 0 Å². The fourth-order valence-electron chi connectivity index (χ4n) is 3.54. The molecule has 33 heavy (non-hydrogen) atoms. The Kier molecular flexibility index (Phi) is 8.67. The van der Waals surface area contributed by atoms with Crippen LogP contribution in [0.5, 0.6) is 5.75 Å². The first kappa shape index (κ1) is 23.6. The van der Waals surface area contributed by atoms with E-state index in [2.05, 4.69) is 90.4 Å². The first-order chi connectivity index (χ1) is 16.2. The average molecular weight is 434 g/mol. The Morgan fingerprint density at radius 1 is 0.818 bits per heavy atom. The van der Waals surface area contributed by atoms with Gasteiger partial charge in [-0.25, -0.2) is 0 Å². The van der Waals surface area contributed by atoms with Gasteiger partial charge in [-0.15, -0.1) is 0 Å². The van der Waals surface area contributed by atoms with Gasteiger partial charge in [-0.05, 0) is 78.7 Å². The molecule has 3 aromatic rings. The molecule has 0 aliphatic heterocycles. The van der Waals surface area contributed by atoms with Crippen molar-refractivity contribution in [2.45, 2.75) is 13.8 Å². The molecule has 0 radical (unpaired) electrons. The van der Waals surface area contributed by atoms with Crippen LogP contribution in [0.25, 0.3) is 10.8 Å². The number of anilines is 2. The highest BCUT2D eigenvalue weighted by atomic mass is 16.5. The Balaban J connectivity index is 2.05. The Morgan fingerprint density at radius 2 is 1.58 bits per heavy atom. The van der Waals surface area contributed by atoms with Crippen LogP contribution in [0.15, 0.2) is 139 Å². The van der Waals surface area contributed by atoms with Gasteiger partial charge in [0.15, 0.2) is 0 Å². The Labute approximate surface area is 197 Å². The van der Waals surface area contributed by atoms with Gasteiger partial charge in [0.05, 0.1) is 7.11 Å². The highest BCUT2D eigenvalue weighted by Gasteiger charge is 2.13. The van der Waals surface area contributed by atoms with Gasteiger partial charge < -0.3 is 9.64 Å². The molecule has 0 saturated carbocycles. The third-order valence-electron chi connectivity index (χ3n) is 5.25. The van der Waals surface area contributed by atoms with Crippen molar-refractivity contribution < 1.29 is 4.74 Å². The second kappa shape index (κ2) is 12.1. The van der Waals surface area contributed by atoms with Gasteiger partial charge >= 0.3 is 0 Å². The van der Waals surface area contributed by atoms with Crippen LogP contribution in [0.4, 0.5) is 11.4 Å². The maximum Gasteiger partial charge on any atom is 0.119 e. The number of allylic oxidation sites excluding steroid dienone is 10. The monoisotopic (exact) mass is 433 g/mol. The minimum Gasteiger partial charge on any atom is -0.497 e. The van der Waals surface area contributed by atoms with Crippen molar-refractivity contribution in [2.24, 2.45) is 0 Å². The Morgan fingerprint density at radius 3 is 2.27 bits per heavy atom. The molecule has 0 amide bonds. The van der Waals surface area contributed by atoms with Gasteiger partial charge in [0.1, 0.15) is 5.75 Å². The second-order valence-corrected chi connectivity index (χ2v) is 7.40. The molecule has 0 aliphatic carbocycles. The third-order valence-corrected chi connectivity index (χ3v) is 5.25. The van der Waals surface area contributed by atoms with Crippen LogP contribution in [-0.2, 0) is 0 Å². The lowest BCUT2D eigenvalue weighted by Gasteiger charge is -2.26. The third kappa shape index (κ3) is 6.24. The number of ether oxygens (including phenoxy) is 1. The summed E-state index contributed by atoms with van der Waals surface area (Å²) in [4.78, 5) is 2.26. The van der Waals surface area contributed by atoms with E-state index in [1.807, 2.05) is 56.4 Å². The molecule has 3 rings (SSSR count). The number of para-hydroxylation sites is 1. The molecule has 0 unspecified atom stereocenters. The zero-order valence-corrected chi connectivity index (χ0v) is 19.6. The van der Waals surface area contributed by atoms with Crippen LogP contribution < -0.4 is 9.64 Å². The Hall–Kier alpha value is -4.04. The molecule has 2 nitrogen and oxygen atoms in total. The summed E-state index contributed by atoms with van der Waals surface area (Å²) in [6.45, 7) is 7.87. The van der Waals surface area contributed by atoms with E-state index in [9.17, 15) is 0 Å². The molecule has 0 spiro atoms. The lowest BCUT2D eigenvalue weighted by molar-refractivity contribution is 0.415. The molecule has 2 heteroatoms. The van der Waals surface area contributed by atoms with E-state index in [0.29, 0.717) is 0 Å². The first-order valence-corrected chi connectivity index (χ1v) is 11.1. The minimum absolute atomic E-state index is 0.861. The number of nitrogens with zero attached hydrogens (tertiary/aromatic N) is 1. The first-order valence-electron chi connectivity index (χ1n) is 11.1. The van der Waals surface area contributed by atoms with Crippen molar-refractivity contribution in [1.29, 1.82) is 0 Å². The summed E-state index contributed by atoms with van der Waals surface area (Å²) in [5.41, 5.74) is 4.35. The fraction of sp³-hybridized carbons (Fsp3) is 0.0968. The summed E-state index contributed by atoms with van der Waals surface area (Å²) >= 11 is 0. The van der Waals surface area contributed by atoms with Crippen molar-refractivity contribution in [3.8, 4) is 5.75 Å². The topological polar surface area (TPSA) is 12.5 Å². The number of fused-ring (bicyclic) bond motifs is 1. The zero-order valence-electron chi connectivity index (χ0n) is 19.6. The van der Waals surface area contributed by atoms with Gasteiger partial charge in [0.25, 0.3) is 0 Å². The lowest BCUT2D eigenvalue weighted by atomic mass is 10.1. The van der Waals surface area contributed by atoms with Crippen molar-refractivity contribution >= 4 is 22.1 Å². The predicted octanol–water partition coefficient (Wildman–Crippen LogP) is 8.69. The number of hydrogen-bond acceptors (Lipinski definition) is 2.